The number of benzene rings is 3. The van der Waals surface area contributed by atoms with E-state index in [9.17, 15) is 0 Å². The fourth-order valence-corrected chi connectivity index (χ4v) is 4.56. The van der Waals surface area contributed by atoms with Gasteiger partial charge in [-0.2, -0.15) is 0 Å². The van der Waals surface area contributed by atoms with Crippen LogP contribution in [0, 0.1) is 0 Å². The Labute approximate surface area is 133 Å². The van der Waals surface area contributed by atoms with Crippen LogP contribution in [-0.4, -0.2) is 8.80 Å². The lowest BCUT2D eigenvalue weighted by Gasteiger charge is -2.11. The Bertz CT molecular complexity index is 694. The average Bonchev–Trinajstić information content (AvgIpc) is 2.59. The Morgan fingerprint density at radius 3 is 1.64 bits per heavy atom. The molecule has 0 bridgehead atoms. The molecule has 22 heavy (non-hydrogen) atoms. The minimum absolute atomic E-state index is 0.800. The smallest absolute Gasteiger partial charge is 0.147 e. The molecule has 0 unspecified atom stereocenters. The fourth-order valence-electron chi connectivity index (χ4n) is 2.38. The number of hydrogen-bond donors (Lipinski definition) is 1. The molecule has 0 saturated heterocycles. The summed E-state index contributed by atoms with van der Waals surface area (Å²) in [5, 5.41) is 2.79. The van der Waals surface area contributed by atoms with E-state index >= 15 is 0 Å². The normalized spacial score (nSPS) is 11.1. The van der Waals surface area contributed by atoms with Crippen molar-refractivity contribution in [1.82, 2.24) is 0 Å². The van der Waals surface area contributed by atoms with E-state index < -0.39 is 8.80 Å². The highest BCUT2D eigenvalue weighted by atomic mass is 28.3. The van der Waals surface area contributed by atoms with Crippen LogP contribution >= 0.6 is 0 Å². The molecule has 0 atom stereocenters. The zero-order valence-electron chi connectivity index (χ0n) is 12.3. The molecule has 3 aromatic rings. The fraction of sp³-hybridized carbons (Fsp3) is 0. The van der Waals surface area contributed by atoms with Gasteiger partial charge in [-0.25, -0.2) is 0 Å². The maximum Gasteiger partial charge on any atom is 0.147 e. The van der Waals surface area contributed by atoms with E-state index in [0.29, 0.717) is 0 Å². The molecule has 0 aromatic heterocycles. The predicted molar refractivity (Wildman–Crippen MR) is 97.8 cm³/mol. The van der Waals surface area contributed by atoms with Crippen LogP contribution in [0.3, 0.4) is 0 Å². The van der Waals surface area contributed by atoms with Crippen molar-refractivity contribution in [2.75, 3.05) is 5.73 Å². The van der Waals surface area contributed by atoms with E-state index in [1.165, 1.54) is 15.9 Å². The minimum Gasteiger partial charge on any atom is -0.399 e. The number of nitrogens with two attached hydrogens (primary N) is 1. The van der Waals surface area contributed by atoms with Gasteiger partial charge in [0.25, 0.3) is 0 Å². The van der Waals surface area contributed by atoms with Crippen molar-refractivity contribution in [2.45, 2.75) is 0 Å². The van der Waals surface area contributed by atoms with Crippen LogP contribution in [0.25, 0.3) is 6.08 Å². The van der Waals surface area contributed by atoms with Gasteiger partial charge in [-0.05, 0) is 17.7 Å². The van der Waals surface area contributed by atoms with Gasteiger partial charge in [-0.15, -0.1) is 0 Å². The largest absolute Gasteiger partial charge is 0.399 e. The lowest BCUT2D eigenvalue weighted by atomic mass is 10.2. The Kier molecular flexibility index (Phi) is 4.52. The molecule has 0 aliphatic carbocycles. The average molecular weight is 300 g/mol. The highest BCUT2D eigenvalue weighted by Crippen LogP contribution is 2.07. The van der Waals surface area contributed by atoms with Gasteiger partial charge < -0.3 is 5.73 Å². The van der Waals surface area contributed by atoms with Crippen LogP contribution in [0.4, 0.5) is 5.69 Å². The van der Waals surface area contributed by atoms with Gasteiger partial charge in [-0.1, -0.05) is 94.9 Å². The van der Waals surface area contributed by atoms with Crippen molar-refractivity contribution < 1.29 is 0 Å². The van der Waals surface area contributed by atoms with E-state index in [4.69, 9.17) is 5.73 Å². The van der Waals surface area contributed by atoms with Crippen molar-refractivity contribution in [3.8, 4) is 0 Å². The van der Waals surface area contributed by atoms with E-state index in [0.717, 1.165) is 5.69 Å². The summed E-state index contributed by atoms with van der Waals surface area (Å²) in [6.45, 7) is 0. The molecule has 0 aliphatic heterocycles. The zero-order chi connectivity index (χ0) is 15.2. The van der Waals surface area contributed by atoms with Crippen LogP contribution in [0.5, 0.6) is 0 Å². The second kappa shape index (κ2) is 6.92. The molecule has 1 radical (unpaired) electrons. The summed E-state index contributed by atoms with van der Waals surface area (Å²) in [7, 11) is -0.919. The molecular weight excluding hydrogens is 282 g/mol. The second-order valence-corrected chi connectivity index (χ2v) is 7.46. The van der Waals surface area contributed by atoms with Crippen LogP contribution in [-0.2, 0) is 0 Å². The third-order valence-electron chi connectivity index (χ3n) is 3.55. The van der Waals surface area contributed by atoms with Crippen molar-refractivity contribution in [1.29, 1.82) is 0 Å². The molecule has 107 valence electrons. The highest BCUT2D eigenvalue weighted by Gasteiger charge is 2.12. The van der Waals surface area contributed by atoms with Gasteiger partial charge in [-0.3, -0.25) is 0 Å². The van der Waals surface area contributed by atoms with Crippen molar-refractivity contribution in [2.24, 2.45) is 0 Å². The second-order valence-electron chi connectivity index (χ2n) is 5.15. The van der Waals surface area contributed by atoms with E-state index in [-0.39, 0.29) is 0 Å². The Balaban J connectivity index is 1.94. The van der Waals surface area contributed by atoms with Gasteiger partial charge in [0.15, 0.2) is 0 Å². The molecule has 2 heteroatoms. The lowest BCUT2D eigenvalue weighted by Crippen LogP contribution is -2.40. The molecule has 3 aromatic carbocycles. The summed E-state index contributed by atoms with van der Waals surface area (Å²) >= 11 is 0. The number of hydrogen-bond acceptors (Lipinski definition) is 1. The third kappa shape index (κ3) is 3.54. The molecular formula is C20H18NSi. The monoisotopic (exact) mass is 300 g/mol. The van der Waals surface area contributed by atoms with Crippen LogP contribution in [0.15, 0.2) is 90.6 Å². The summed E-state index contributed by atoms with van der Waals surface area (Å²) < 4.78 is 0. The first-order valence-corrected chi connectivity index (χ1v) is 8.92. The first kappa shape index (κ1) is 14.4. The van der Waals surface area contributed by atoms with Gasteiger partial charge in [0.1, 0.15) is 8.80 Å². The van der Waals surface area contributed by atoms with Crippen molar-refractivity contribution in [3.05, 3.63) is 96.2 Å². The number of rotatable bonds is 4. The highest BCUT2D eigenvalue weighted by molar-refractivity contribution is 6.89. The minimum atomic E-state index is -0.919. The molecule has 0 fully saturated rings. The quantitative estimate of drug-likeness (QED) is 0.581. The number of nitrogen functional groups attached to an aromatic ring is 1. The number of anilines is 1. The molecule has 0 heterocycles. The predicted octanol–water partition coefficient (Wildman–Crippen LogP) is 3.13. The Morgan fingerprint density at radius 2 is 1.14 bits per heavy atom. The summed E-state index contributed by atoms with van der Waals surface area (Å²) in [5.41, 5.74) is 10.1. The molecule has 0 aliphatic rings. The Morgan fingerprint density at radius 1 is 0.636 bits per heavy atom. The topological polar surface area (TPSA) is 26.0 Å². The van der Waals surface area contributed by atoms with E-state index in [1.807, 2.05) is 12.1 Å². The van der Waals surface area contributed by atoms with Crippen molar-refractivity contribution >= 4 is 30.9 Å². The molecule has 2 N–H and O–H groups in total. The van der Waals surface area contributed by atoms with Crippen LogP contribution in [0.2, 0.25) is 0 Å². The zero-order valence-corrected chi connectivity index (χ0v) is 13.3. The molecule has 3 rings (SSSR count). The molecule has 0 amide bonds. The van der Waals surface area contributed by atoms with E-state index in [2.05, 4.69) is 84.6 Å². The standard InChI is InChI=1S/C20H18NSi/c21-18-13-11-17(12-14-18)15-16-22(19-7-3-1-4-8-19)20-9-5-2-6-10-20/h1-16H,21H2/b16-15+. The summed E-state index contributed by atoms with van der Waals surface area (Å²) in [6, 6.07) is 29.4. The van der Waals surface area contributed by atoms with Gasteiger partial charge in [0.05, 0.1) is 0 Å². The molecule has 1 nitrogen and oxygen atoms in total. The SMILES string of the molecule is Nc1ccc(/C=C/[Si](c2ccccc2)c2ccccc2)cc1. The summed E-state index contributed by atoms with van der Waals surface area (Å²) in [6.07, 6.45) is 2.20. The van der Waals surface area contributed by atoms with Gasteiger partial charge >= 0.3 is 0 Å². The van der Waals surface area contributed by atoms with Gasteiger partial charge in [0.2, 0.25) is 0 Å². The summed E-state index contributed by atoms with van der Waals surface area (Å²) in [5.74, 6) is 0. The third-order valence-corrected chi connectivity index (χ3v) is 5.96. The lowest BCUT2D eigenvalue weighted by molar-refractivity contribution is 1.65. The molecule has 0 saturated carbocycles. The van der Waals surface area contributed by atoms with Crippen LogP contribution < -0.4 is 16.1 Å². The van der Waals surface area contributed by atoms with E-state index in [1.54, 1.807) is 0 Å². The Hall–Kier alpha value is -2.58. The molecule has 0 spiro atoms. The van der Waals surface area contributed by atoms with Crippen molar-refractivity contribution in [3.63, 3.8) is 0 Å². The van der Waals surface area contributed by atoms with Gasteiger partial charge in [0, 0.05) is 5.69 Å². The summed E-state index contributed by atoms with van der Waals surface area (Å²) in [4.78, 5) is 0. The first-order chi connectivity index (χ1) is 10.8. The first-order valence-electron chi connectivity index (χ1n) is 7.34. The maximum absolute atomic E-state index is 5.75. The van der Waals surface area contributed by atoms with Crippen LogP contribution in [0.1, 0.15) is 5.56 Å². The maximum atomic E-state index is 5.75.